The third-order valence-corrected chi connectivity index (χ3v) is 4.41. The number of Topliss-reactive ketones (excluding diaryl/α,β-unsaturated/α-hetero) is 1. The highest BCUT2D eigenvalue weighted by Gasteiger charge is 2.47. The molecule has 0 saturated carbocycles. The number of likely N-dealkylation sites (N-methyl/N-ethyl adjacent to an activating group) is 1. The molecule has 1 N–H and O–H groups in total. The molecule has 26 heavy (non-hydrogen) atoms. The van der Waals surface area contributed by atoms with E-state index < -0.39 is 17.7 Å². The first kappa shape index (κ1) is 17.9. The monoisotopic (exact) mass is 354 g/mol. The van der Waals surface area contributed by atoms with Crippen LogP contribution in [0.1, 0.15) is 23.1 Å². The summed E-state index contributed by atoms with van der Waals surface area (Å²) in [6, 6.07) is 11.5. The highest BCUT2D eigenvalue weighted by molar-refractivity contribution is 6.46. The number of carbonyl (C=O) groups excluding carboxylic acids is 2. The van der Waals surface area contributed by atoms with Gasteiger partial charge < -0.3 is 19.3 Å². The summed E-state index contributed by atoms with van der Waals surface area (Å²) in [6.07, 6.45) is 0. The maximum Gasteiger partial charge on any atom is 0.295 e. The lowest BCUT2D eigenvalue weighted by molar-refractivity contribution is -0.140. The predicted octanol–water partition coefficient (Wildman–Crippen LogP) is 2.57. The molecule has 0 bridgehead atoms. The SMILES string of the molecule is Cc1ccc([C@@H]2C(=C(O)c3ccccc3)C(=O)C(=O)N2CCN(C)C)o1. The number of aliphatic hydroxyl groups is 1. The van der Waals surface area contributed by atoms with Gasteiger partial charge in [0.1, 0.15) is 23.3 Å². The Kier molecular flexibility index (Phi) is 4.95. The summed E-state index contributed by atoms with van der Waals surface area (Å²) in [5, 5.41) is 10.8. The Morgan fingerprint density at radius 3 is 2.42 bits per heavy atom. The maximum absolute atomic E-state index is 12.7. The fraction of sp³-hybridized carbons (Fsp3) is 0.300. The molecule has 1 aliphatic heterocycles. The Morgan fingerprint density at radius 1 is 1.15 bits per heavy atom. The minimum Gasteiger partial charge on any atom is -0.507 e. The number of aliphatic hydroxyl groups excluding tert-OH is 1. The topological polar surface area (TPSA) is 74.0 Å². The average Bonchev–Trinajstić information content (AvgIpc) is 3.15. The van der Waals surface area contributed by atoms with Crippen LogP contribution in [-0.4, -0.2) is 53.8 Å². The van der Waals surface area contributed by atoms with Crippen LogP contribution in [0.4, 0.5) is 0 Å². The van der Waals surface area contributed by atoms with Crippen molar-refractivity contribution in [1.82, 2.24) is 9.80 Å². The van der Waals surface area contributed by atoms with Gasteiger partial charge in [-0.3, -0.25) is 9.59 Å². The van der Waals surface area contributed by atoms with Crippen molar-refractivity contribution in [2.45, 2.75) is 13.0 Å². The summed E-state index contributed by atoms with van der Waals surface area (Å²) >= 11 is 0. The first-order valence-electron chi connectivity index (χ1n) is 8.45. The normalized spacial score (nSPS) is 19.5. The third kappa shape index (κ3) is 3.28. The van der Waals surface area contributed by atoms with Gasteiger partial charge in [0.15, 0.2) is 0 Å². The zero-order valence-corrected chi connectivity index (χ0v) is 15.1. The maximum atomic E-state index is 12.7. The number of amides is 1. The second kappa shape index (κ2) is 7.17. The molecule has 2 aromatic rings. The fourth-order valence-electron chi connectivity index (χ4n) is 3.07. The molecular weight excluding hydrogens is 332 g/mol. The van der Waals surface area contributed by atoms with Crippen molar-refractivity contribution in [2.24, 2.45) is 0 Å². The van der Waals surface area contributed by atoms with E-state index in [-0.39, 0.29) is 11.3 Å². The Bertz CT molecular complexity index is 852. The lowest BCUT2D eigenvalue weighted by atomic mass is 9.99. The molecule has 0 unspecified atom stereocenters. The van der Waals surface area contributed by atoms with Crippen LogP contribution in [0, 0.1) is 6.92 Å². The lowest BCUT2D eigenvalue weighted by Crippen LogP contribution is -2.35. The molecule has 0 radical (unpaired) electrons. The van der Waals surface area contributed by atoms with Crippen molar-refractivity contribution in [3.05, 3.63) is 65.1 Å². The van der Waals surface area contributed by atoms with E-state index in [1.54, 1.807) is 43.3 Å². The number of hydrogen-bond acceptors (Lipinski definition) is 5. The molecule has 6 nitrogen and oxygen atoms in total. The third-order valence-electron chi connectivity index (χ3n) is 4.41. The molecule has 1 amide bonds. The lowest BCUT2D eigenvalue weighted by Gasteiger charge is -2.24. The number of rotatable bonds is 5. The molecule has 1 fully saturated rings. The van der Waals surface area contributed by atoms with Crippen LogP contribution in [0.25, 0.3) is 5.76 Å². The minimum atomic E-state index is -0.733. The quantitative estimate of drug-likeness (QED) is 0.507. The van der Waals surface area contributed by atoms with Crippen molar-refractivity contribution < 1.29 is 19.1 Å². The summed E-state index contributed by atoms with van der Waals surface area (Å²) in [5.74, 6) is -0.348. The van der Waals surface area contributed by atoms with E-state index in [0.717, 1.165) is 0 Å². The number of hydrogen-bond donors (Lipinski definition) is 1. The molecule has 2 heterocycles. The number of nitrogens with zero attached hydrogens (tertiary/aromatic N) is 2. The van der Waals surface area contributed by atoms with Crippen LogP contribution >= 0.6 is 0 Å². The molecule has 0 aliphatic carbocycles. The van der Waals surface area contributed by atoms with Crippen molar-refractivity contribution in [2.75, 3.05) is 27.2 Å². The molecule has 3 rings (SSSR count). The van der Waals surface area contributed by atoms with Gasteiger partial charge in [0, 0.05) is 18.7 Å². The van der Waals surface area contributed by atoms with Crippen LogP contribution in [0.3, 0.4) is 0 Å². The predicted molar refractivity (Wildman–Crippen MR) is 97.5 cm³/mol. The van der Waals surface area contributed by atoms with E-state index in [0.29, 0.717) is 30.2 Å². The highest BCUT2D eigenvalue weighted by Crippen LogP contribution is 2.39. The Labute approximate surface area is 152 Å². The number of furan rings is 1. The van der Waals surface area contributed by atoms with Gasteiger partial charge in [-0.05, 0) is 33.2 Å². The van der Waals surface area contributed by atoms with Crippen molar-refractivity contribution in [3.8, 4) is 0 Å². The fourth-order valence-corrected chi connectivity index (χ4v) is 3.07. The van der Waals surface area contributed by atoms with Gasteiger partial charge in [-0.25, -0.2) is 0 Å². The van der Waals surface area contributed by atoms with E-state index >= 15 is 0 Å². The van der Waals surface area contributed by atoms with Gasteiger partial charge in [-0.15, -0.1) is 0 Å². The Balaban J connectivity index is 2.11. The molecule has 1 saturated heterocycles. The summed E-state index contributed by atoms with van der Waals surface area (Å²) in [6.45, 7) is 2.74. The first-order valence-corrected chi connectivity index (χ1v) is 8.45. The smallest absolute Gasteiger partial charge is 0.295 e. The van der Waals surface area contributed by atoms with E-state index in [2.05, 4.69) is 0 Å². The second-order valence-electron chi connectivity index (χ2n) is 6.61. The summed E-state index contributed by atoms with van der Waals surface area (Å²) in [5.41, 5.74) is 0.556. The molecular formula is C20H22N2O4. The Hall–Kier alpha value is -2.86. The summed E-state index contributed by atoms with van der Waals surface area (Å²) in [7, 11) is 3.79. The van der Waals surface area contributed by atoms with E-state index in [1.807, 2.05) is 25.1 Å². The average molecular weight is 354 g/mol. The summed E-state index contributed by atoms with van der Waals surface area (Å²) < 4.78 is 5.71. The van der Waals surface area contributed by atoms with Crippen molar-refractivity contribution >= 4 is 17.4 Å². The number of benzene rings is 1. The molecule has 0 spiro atoms. The molecule has 136 valence electrons. The largest absolute Gasteiger partial charge is 0.507 e. The molecule has 1 atom stereocenters. The van der Waals surface area contributed by atoms with Crippen LogP contribution < -0.4 is 0 Å². The van der Waals surface area contributed by atoms with Gasteiger partial charge in [0.2, 0.25) is 0 Å². The number of aryl methyl sites for hydroxylation is 1. The zero-order valence-electron chi connectivity index (χ0n) is 15.1. The minimum absolute atomic E-state index is 0.0642. The Morgan fingerprint density at radius 2 is 1.85 bits per heavy atom. The standard InChI is InChI=1S/C20H22N2O4/c1-13-9-10-15(26-13)17-16(18(23)14-7-5-4-6-8-14)19(24)20(25)22(17)12-11-21(2)3/h4-10,17,23H,11-12H2,1-3H3/t17-/m1/s1. The number of carbonyl (C=O) groups is 2. The molecule has 1 aliphatic rings. The van der Waals surface area contributed by atoms with Crippen molar-refractivity contribution in [3.63, 3.8) is 0 Å². The van der Waals surface area contributed by atoms with Gasteiger partial charge >= 0.3 is 0 Å². The first-order chi connectivity index (χ1) is 12.4. The van der Waals surface area contributed by atoms with Gasteiger partial charge in [0.05, 0.1) is 5.57 Å². The van der Waals surface area contributed by atoms with E-state index in [1.165, 1.54) is 4.90 Å². The van der Waals surface area contributed by atoms with Crippen LogP contribution in [0.5, 0.6) is 0 Å². The van der Waals surface area contributed by atoms with Crippen molar-refractivity contribution in [1.29, 1.82) is 0 Å². The summed E-state index contributed by atoms with van der Waals surface area (Å²) in [4.78, 5) is 28.7. The molecule has 1 aromatic heterocycles. The molecule has 1 aromatic carbocycles. The number of ketones is 1. The van der Waals surface area contributed by atoms with Crippen LogP contribution in [0.15, 0.2) is 52.5 Å². The second-order valence-corrected chi connectivity index (χ2v) is 6.61. The zero-order chi connectivity index (χ0) is 18.8. The van der Waals surface area contributed by atoms with Crippen LogP contribution in [0.2, 0.25) is 0 Å². The molecule has 6 heteroatoms. The van der Waals surface area contributed by atoms with Gasteiger partial charge in [-0.1, -0.05) is 30.3 Å². The van der Waals surface area contributed by atoms with Gasteiger partial charge in [0.25, 0.3) is 11.7 Å². The number of likely N-dealkylation sites (tertiary alicyclic amines) is 1. The van der Waals surface area contributed by atoms with E-state index in [4.69, 9.17) is 4.42 Å². The van der Waals surface area contributed by atoms with Crippen LogP contribution in [-0.2, 0) is 9.59 Å². The van der Waals surface area contributed by atoms with E-state index in [9.17, 15) is 14.7 Å². The van der Waals surface area contributed by atoms with Gasteiger partial charge in [-0.2, -0.15) is 0 Å². The highest BCUT2D eigenvalue weighted by atomic mass is 16.3.